The highest BCUT2D eigenvalue weighted by Crippen LogP contribution is 2.45. The van der Waals surface area contributed by atoms with Gasteiger partial charge in [0.15, 0.2) is 12.2 Å². The molecule has 0 saturated carbocycles. The number of hydrogen-bond acceptors (Lipinski definition) is 15. The summed E-state index contributed by atoms with van der Waals surface area (Å²) in [5, 5.41) is 10.6. The Balaban J connectivity index is 5.38. The predicted octanol–water partition coefficient (Wildman–Crippen LogP) is 22.0. The molecule has 0 bridgehead atoms. The third-order valence-corrected chi connectivity index (χ3v) is 17.9. The molecule has 0 rings (SSSR count). The molecule has 566 valence electrons. The highest BCUT2D eigenvalue weighted by molar-refractivity contribution is 7.47. The minimum absolute atomic E-state index is 0.0659. The molecular weight excluding hydrogens is 1280 g/mol. The summed E-state index contributed by atoms with van der Waals surface area (Å²) < 4.78 is 68.4. The molecule has 0 fully saturated rings. The Morgan fingerprint density at radius 1 is 0.296 bits per heavy atom. The number of phosphoric ester groups is 2. The Hall–Kier alpha value is -4.02. The van der Waals surface area contributed by atoms with Gasteiger partial charge in [-0.15, -0.1) is 0 Å². The molecule has 0 amide bonds. The van der Waals surface area contributed by atoms with Crippen molar-refractivity contribution in [3.63, 3.8) is 0 Å². The van der Waals surface area contributed by atoms with Crippen LogP contribution in [-0.4, -0.2) is 96.7 Å². The molecule has 98 heavy (non-hydrogen) atoms. The first kappa shape index (κ1) is 94.0. The van der Waals surface area contributed by atoms with E-state index in [9.17, 15) is 43.2 Å². The number of carbonyl (C=O) groups is 4. The van der Waals surface area contributed by atoms with E-state index in [4.69, 9.17) is 37.0 Å². The van der Waals surface area contributed by atoms with Crippen LogP contribution in [0.2, 0.25) is 0 Å². The lowest BCUT2D eigenvalue weighted by atomic mass is 10.0. The van der Waals surface area contributed by atoms with Crippen molar-refractivity contribution in [3.8, 4) is 0 Å². The number of aliphatic hydroxyl groups excluding tert-OH is 1. The summed E-state index contributed by atoms with van der Waals surface area (Å²) in [4.78, 5) is 72.8. The van der Waals surface area contributed by atoms with E-state index in [0.29, 0.717) is 25.7 Å². The molecule has 17 nitrogen and oxygen atoms in total. The van der Waals surface area contributed by atoms with E-state index in [1.165, 1.54) is 89.9 Å². The first-order valence-electron chi connectivity index (χ1n) is 38.5. The van der Waals surface area contributed by atoms with Gasteiger partial charge in [0, 0.05) is 25.7 Å². The van der Waals surface area contributed by atoms with Gasteiger partial charge in [0.05, 0.1) is 26.4 Å². The van der Waals surface area contributed by atoms with E-state index in [2.05, 4.69) is 125 Å². The number of aliphatic hydroxyl groups is 1. The summed E-state index contributed by atoms with van der Waals surface area (Å²) in [7, 11) is -9.96. The summed E-state index contributed by atoms with van der Waals surface area (Å²) in [6, 6.07) is 0. The third-order valence-electron chi connectivity index (χ3n) is 16.0. The van der Waals surface area contributed by atoms with Gasteiger partial charge in [0.2, 0.25) is 0 Å². The first-order valence-corrected chi connectivity index (χ1v) is 41.5. The van der Waals surface area contributed by atoms with Gasteiger partial charge in [0.25, 0.3) is 0 Å². The number of allylic oxidation sites excluding steroid dienone is 16. The number of phosphoric acid groups is 2. The van der Waals surface area contributed by atoms with Crippen LogP contribution >= 0.6 is 15.6 Å². The minimum Gasteiger partial charge on any atom is -0.462 e. The van der Waals surface area contributed by atoms with E-state index in [1.54, 1.807) is 0 Å². The Morgan fingerprint density at radius 2 is 0.531 bits per heavy atom. The molecule has 0 aliphatic carbocycles. The zero-order chi connectivity index (χ0) is 71.8. The van der Waals surface area contributed by atoms with Gasteiger partial charge in [-0.05, 0) is 122 Å². The number of carbonyl (C=O) groups excluding carboxylic acids is 4. The molecular formula is C79H138O17P2. The second-order valence-corrected chi connectivity index (χ2v) is 28.4. The average Bonchev–Trinajstić information content (AvgIpc) is 1.04. The molecule has 5 unspecified atom stereocenters. The third kappa shape index (κ3) is 70.4. The predicted molar refractivity (Wildman–Crippen MR) is 399 cm³/mol. The van der Waals surface area contributed by atoms with Crippen LogP contribution in [0.5, 0.6) is 0 Å². The Bertz CT molecular complexity index is 2240. The number of rotatable bonds is 72. The van der Waals surface area contributed by atoms with Crippen LogP contribution < -0.4 is 0 Å². The van der Waals surface area contributed by atoms with Crippen molar-refractivity contribution >= 4 is 39.5 Å². The number of esters is 4. The van der Waals surface area contributed by atoms with E-state index in [-0.39, 0.29) is 25.7 Å². The Kier molecular flexibility index (Phi) is 68.4. The molecule has 0 aromatic carbocycles. The van der Waals surface area contributed by atoms with Crippen molar-refractivity contribution in [2.75, 3.05) is 39.6 Å². The average molecular weight is 1420 g/mol. The lowest BCUT2D eigenvalue weighted by Gasteiger charge is -2.21. The fourth-order valence-electron chi connectivity index (χ4n) is 10.2. The smallest absolute Gasteiger partial charge is 0.462 e. The largest absolute Gasteiger partial charge is 0.472 e. The monoisotopic (exact) mass is 1420 g/mol. The number of unbranched alkanes of at least 4 members (excludes halogenated alkanes) is 30. The molecule has 0 radical (unpaired) electrons. The normalized spacial score (nSPS) is 14.5. The van der Waals surface area contributed by atoms with Crippen LogP contribution in [0.4, 0.5) is 0 Å². The molecule has 0 saturated heterocycles. The lowest BCUT2D eigenvalue weighted by molar-refractivity contribution is -0.161. The van der Waals surface area contributed by atoms with Crippen LogP contribution in [0.15, 0.2) is 97.2 Å². The molecule has 0 aliphatic heterocycles. The molecule has 0 aromatic heterocycles. The summed E-state index contributed by atoms with van der Waals surface area (Å²) in [6.07, 6.45) is 74.0. The second kappa shape index (κ2) is 71.4. The summed E-state index contributed by atoms with van der Waals surface area (Å²) in [6.45, 7) is 4.59. The van der Waals surface area contributed by atoms with Crippen LogP contribution in [0.3, 0.4) is 0 Å². The van der Waals surface area contributed by atoms with Gasteiger partial charge in [-0.1, -0.05) is 273 Å². The molecule has 0 spiro atoms. The van der Waals surface area contributed by atoms with E-state index < -0.39 is 97.5 Å². The van der Waals surface area contributed by atoms with Crippen LogP contribution in [0.1, 0.15) is 323 Å². The van der Waals surface area contributed by atoms with Crippen molar-refractivity contribution in [2.24, 2.45) is 0 Å². The van der Waals surface area contributed by atoms with Crippen LogP contribution in [-0.2, 0) is 65.4 Å². The van der Waals surface area contributed by atoms with Gasteiger partial charge in [-0.3, -0.25) is 37.3 Å². The lowest BCUT2D eigenvalue weighted by Crippen LogP contribution is -2.30. The highest BCUT2D eigenvalue weighted by atomic mass is 31.2. The fraction of sp³-hybridized carbons (Fsp3) is 0.747. The Morgan fingerprint density at radius 3 is 0.847 bits per heavy atom. The van der Waals surface area contributed by atoms with E-state index in [0.717, 1.165) is 154 Å². The topological polar surface area (TPSA) is 237 Å². The maximum Gasteiger partial charge on any atom is 0.472 e. The van der Waals surface area contributed by atoms with Crippen molar-refractivity contribution < 1.29 is 80.2 Å². The zero-order valence-electron chi connectivity index (χ0n) is 61.7. The van der Waals surface area contributed by atoms with Gasteiger partial charge in [0.1, 0.15) is 19.3 Å². The highest BCUT2D eigenvalue weighted by Gasteiger charge is 2.30. The van der Waals surface area contributed by atoms with Crippen LogP contribution in [0.25, 0.3) is 0 Å². The van der Waals surface area contributed by atoms with Gasteiger partial charge >= 0.3 is 39.5 Å². The van der Waals surface area contributed by atoms with Crippen LogP contribution in [0, 0.1) is 0 Å². The molecule has 5 atom stereocenters. The fourth-order valence-corrected chi connectivity index (χ4v) is 11.8. The van der Waals surface area contributed by atoms with Gasteiger partial charge in [-0.2, -0.15) is 0 Å². The van der Waals surface area contributed by atoms with Crippen molar-refractivity contribution in [1.29, 1.82) is 0 Å². The molecule has 0 heterocycles. The van der Waals surface area contributed by atoms with Crippen molar-refractivity contribution in [3.05, 3.63) is 97.2 Å². The maximum absolute atomic E-state index is 13.1. The Labute approximate surface area is 595 Å². The van der Waals surface area contributed by atoms with E-state index in [1.807, 2.05) is 0 Å². The second-order valence-electron chi connectivity index (χ2n) is 25.5. The quantitative estimate of drug-likeness (QED) is 0.0169. The van der Waals surface area contributed by atoms with Gasteiger partial charge in [-0.25, -0.2) is 9.13 Å². The molecule has 19 heteroatoms. The summed E-state index contributed by atoms with van der Waals surface area (Å²) in [5.41, 5.74) is 0. The molecule has 0 aromatic rings. The number of ether oxygens (including phenoxy) is 4. The van der Waals surface area contributed by atoms with E-state index >= 15 is 0 Å². The van der Waals surface area contributed by atoms with Crippen molar-refractivity contribution in [2.45, 2.75) is 341 Å². The first-order chi connectivity index (χ1) is 47.7. The minimum atomic E-state index is -4.99. The SMILES string of the molecule is CC/C=C\C/C=C\C/C=C\C/C=C\CCCCC(=O)OCC(COP(=O)(O)OCC(O)COP(=O)(O)OCC(COC(=O)CCCCCCC/C=C\CCCCCCCC)OC(=O)CCCCCCCCCCCCCCC)OC(=O)CCCCCCC/C=C\C/C=C\C/C=C\CC. The standard InChI is InChI=1S/C79H138O17P2/c1-5-9-13-17-21-25-29-33-36-40-43-47-51-55-59-63-76(81)89-69-74(95-78(83)65-61-57-53-49-45-39-32-28-24-20-16-12-8-4)71-93-97(85,86)91-67-73(80)68-92-98(87,88)94-72-75(96-79(84)66-62-58-54-50-46-42-38-35-31-27-23-19-15-11-7-3)70-90-77(82)64-60-56-52-48-44-41-37-34-30-26-22-18-14-10-6-2/h10-11,14-15,22-23,26-27,33-38,44,48,73-75,80H,5-9,12-13,16-21,24-25,28-32,39-43,45-47,49-72H2,1-4H3,(H,85,86)(H,87,88)/b14-10-,15-11-,26-22-,27-23-,36-33-,37-34-,38-35-,48-44-. The zero-order valence-corrected chi connectivity index (χ0v) is 63.5. The molecule has 3 N–H and O–H groups in total. The molecule has 0 aliphatic rings. The summed E-state index contributed by atoms with van der Waals surface area (Å²) in [5.74, 6) is -2.23. The summed E-state index contributed by atoms with van der Waals surface area (Å²) >= 11 is 0. The van der Waals surface area contributed by atoms with Crippen molar-refractivity contribution in [1.82, 2.24) is 0 Å². The number of hydrogen-bond donors (Lipinski definition) is 3. The maximum atomic E-state index is 13.1. The van der Waals surface area contributed by atoms with Gasteiger partial charge < -0.3 is 33.8 Å².